The van der Waals surface area contributed by atoms with E-state index in [-0.39, 0.29) is 52.2 Å². The summed E-state index contributed by atoms with van der Waals surface area (Å²) in [4.78, 5) is 44.5. The van der Waals surface area contributed by atoms with Crippen LogP contribution in [0.25, 0.3) is 27.8 Å². The van der Waals surface area contributed by atoms with Gasteiger partial charge in [-0.3, -0.25) is 9.78 Å². The summed E-state index contributed by atoms with van der Waals surface area (Å²) in [6.45, 7) is 3.18. The number of carbonyl (C=O) groups excluding carboxylic acids is 1. The van der Waals surface area contributed by atoms with Crippen molar-refractivity contribution in [2.24, 2.45) is 17.8 Å². The van der Waals surface area contributed by atoms with Crippen LogP contribution in [0.4, 0.5) is 32.3 Å². The SMILES string of the molecule is CC1CC2CC(C1)C(NC(=O)c1ccc(-c3cn(-c4ccncc4C(F)(F)F)c4cc(OC5CCN(c6ncccn6)CC5)ccc34)nc1C(F)(F)F)(C(=O)O)C2. The average Bonchev–Trinajstić information content (AvgIpc) is 3.68. The Morgan fingerprint density at radius 3 is 2.40 bits per heavy atom. The van der Waals surface area contributed by atoms with Crippen LogP contribution in [0.15, 0.2) is 73.4 Å². The molecule has 1 aromatic carbocycles. The van der Waals surface area contributed by atoms with Crippen molar-refractivity contribution in [2.45, 2.75) is 69.4 Å². The van der Waals surface area contributed by atoms with E-state index in [1.807, 2.05) is 11.8 Å². The van der Waals surface area contributed by atoms with E-state index >= 15 is 0 Å². The van der Waals surface area contributed by atoms with Gasteiger partial charge in [-0.15, -0.1) is 0 Å². The van der Waals surface area contributed by atoms with Gasteiger partial charge in [-0.2, -0.15) is 26.3 Å². The number of fused-ring (bicyclic) bond motifs is 3. The molecule has 1 aliphatic heterocycles. The van der Waals surface area contributed by atoms with Gasteiger partial charge in [-0.25, -0.2) is 19.7 Å². The maximum atomic E-state index is 14.8. The third-order valence-corrected chi connectivity index (χ3v) is 11.5. The van der Waals surface area contributed by atoms with Gasteiger partial charge in [0, 0.05) is 73.9 Å². The van der Waals surface area contributed by atoms with Gasteiger partial charge in [-0.05, 0) is 79.8 Å². The zero-order valence-electron chi connectivity index (χ0n) is 30.5. The van der Waals surface area contributed by atoms with E-state index in [0.717, 1.165) is 18.6 Å². The molecule has 3 aliphatic rings. The van der Waals surface area contributed by atoms with Crippen molar-refractivity contribution in [1.82, 2.24) is 29.8 Å². The van der Waals surface area contributed by atoms with Crippen LogP contribution in [0.3, 0.4) is 0 Å². The first-order valence-electron chi connectivity index (χ1n) is 18.6. The molecule has 2 N–H and O–H groups in total. The van der Waals surface area contributed by atoms with E-state index in [1.165, 1.54) is 29.1 Å². The largest absolute Gasteiger partial charge is 0.490 e. The number of aliphatic carboxylic acids is 1. The molecule has 4 aromatic heterocycles. The van der Waals surface area contributed by atoms with E-state index in [4.69, 9.17) is 4.74 Å². The second kappa shape index (κ2) is 14.3. The highest BCUT2D eigenvalue weighted by atomic mass is 19.4. The molecular weight excluding hydrogens is 756 g/mol. The average molecular weight is 794 g/mol. The van der Waals surface area contributed by atoms with Gasteiger partial charge < -0.3 is 24.6 Å². The summed E-state index contributed by atoms with van der Waals surface area (Å²) in [5, 5.41) is 13.0. The van der Waals surface area contributed by atoms with Crippen molar-refractivity contribution in [1.29, 1.82) is 0 Å². The van der Waals surface area contributed by atoms with Crippen LogP contribution >= 0.6 is 0 Å². The van der Waals surface area contributed by atoms with E-state index in [0.29, 0.717) is 56.7 Å². The van der Waals surface area contributed by atoms with Crippen LogP contribution in [0.2, 0.25) is 0 Å². The topological polar surface area (TPSA) is 135 Å². The van der Waals surface area contributed by atoms with Crippen molar-refractivity contribution >= 4 is 28.7 Å². The molecule has 17 heteroatoms. The van der Waals surface area contributed by atoms with E-state index in [2.05, 4.69) is 25.3 Å². The number of nitrogens with one attached hydrogen (secondary N) is 1. The molecular formula is C40H37F6N7O4. The number of piperidine rings is 1. The van der Waals surface area contributed by atoms with E-state index in [9.17, 15) is 41.0 Å². The first-order valence-corrected chi connectivity index (χ1v) is 18.6. The van der Waals surface area contributed by atoms with Crippen molar-refractivity contribution in [2.75, 3.05) is 18.0 Å². The molecule has 0 radical (unpaired) electrons. The predicted octanol–water partition coefficient (Wildman–Crippen LogP) is 7.97. The molecule has 4 atom stereocenters. The Kier molecular flexibility index (Phi) is 9.59. The molecule has 0 spiro atoms. The number of nitrogens with zero attached hydrogens (tertiary/aromatic N) is 6. The van der Waals surface area contributed by atoms with Gasteiger partial charge >= 0.3 is 18.3 Å². The lowest BCUT2D eigenvalue weighted by atomic mass is 9.78. The van der Waals surface area contributed by atoms with Gasteiger partial charge in [0.15, 0.2) is 5.69 Å². The Morgan fingerprint density at radius 2 is 1.70 bits per heavy atom. The van der Waals surface area contributed by atoms with Crippen LogP contribution < -0.4 is 15.0 Å². The Labute approximate surface area is 322 Å². The van der Waals surface area contributed by atoms with Gasteiger partial charge in [0.25, 0.3) is 5.91 Å². The number of alkyl halides is 6. The fraction of sp³-hybridized carbons (Fsp3) is 0.400. The number of halogens is 6. The summed E-state index contributed by atoms with van der Waals surface area (Å²) >= 11 is 0. The number of carboxylic acids is 1. The Balaban J connectivity index is 1.16. The number of hydrogen-bond donors (Lipinski definition) is 2. The molecule has 5 aromatic rings. The molecule has 4 unspecified atom stereocenters. The maximum Gasteiger partial charge on any atom is 0.434 e. The minimum absolute atomic E-state index is 0.0157. The number of ether oxygens (including phenoxy) is 1. The smallest absolute Gasteiger partial charge is 0.434 e. The quantitative estimate of drug-likeness (QED) is 0.150. The zero-order chi connectivity index (χ0) is 40.3. The van der Waals surface area contributed by atoms with Gasteiger partial charge in [0.2, 0.25) is 5.95 Å². The summed E-state index contributed by atoms with van der Waals surface area (Å²) in [5.41, 5.74) is -5.58. The van der Waals surface area contributed by atoms with Gasteiger partial charge in [0.05, 0.1) is 28.0 Å². The molecule has 5 heterocycles. The van der Waals surface area contributed by atoms with Crippen molar-refractivity contribution in [3.05, 3.63) is 90.3 Å². The summed E-state index contributed by atoms with van der Waals surface area (Å²) in [6, 6.07) is 9.65. The maximum absolute atomic E-state index is 14.8. The molecule has 11 nitrogen and oxygen atoms in total. The highest BCUT2D eigenvalue weighted by Gasteiger charge is 2.56. The van der Waals surface area contributed by atoms with Crippen molar-refractivity contribution in [3.8, 4) is 22.7 Å². The summed E-state index contributed by atoms with van der Waals surface area (Å²) < 4.78 is 94.8. The number of amides is 1. The fourth-order valence-electron chi connectivity index (χ4n) is 9.00. The number of benzene rings is 1. The molecule has 1 saturated heterocycles. The molecule has 8 rings (SSSR count). The lowest BCUT2D eigenvalue weighted by Crippen LogP contribution is -2.57. The molecule has 3 fully saturated rings. The molecule has 2 saturated carbocycles. The van der Waals surface area contributed by atoms with Crippen LogP contribution in [-0.2, 0) is 17.1 Å². The number of aromatic nitrogens is 5. The second-order valence-corrected chi connectivity index (χ2v) is 15.2. The number of hydrogen-bond acceptors (Lipinski definition) is 8. The Morgan fingerprint density at radius 1 is 0.947 bits per heavy atom. The van der Waals surface area contributed by atoms with Crippen molar-refractivity contribution in [3.63, 3.8) is 0 Å². The second-order valence-electron chi connectivity index (χ2n) is 15.2. The van der Waals surface area contributed by atoms with E-state index < -0.39 is 52.5 Å². The molecule has 1 amide bonds. The number of carboxylic acid groups (broad SMARTS) is 1. The number of pyridine rings is 2. The molecule has 2 bridgehead atoms. The fourth-order valence-corrected chi connectivity index (χ4v) is 9.00. The summed E-state index contributed by atoms with van der Waals surface area (Å²) in [5.74, 6) is -1.82. The standard InChI is InChI=1S/C40H37F6N7O4/c1-22-15-23-17-24(16-22)38(19-23,36(55)56)51-35(54)28-5-6-31(50-34(28)40(44,45)46)29-21-53(32-7-12-47-20-30(32)39(41,42)43)33-18-26(3-4-27(29)33)57-25-8-13-52(14-9-25)37-48-10-2-11-49-37/h2-7,10-12,18,20-25H,8-9,13-17,19H2,1H3,(H,51,54)(H,55,56). The summed E-state index contributed by atoms with van der Waals surface area (Å²) in [6.07, 6.45) is -0.689. The molecule has 57 heavy (non-hydrogen) atoms. The van der Waals surface area contributed by atoms with Crippen LogP contribution in [0, 0.1) is 17.8 Å². The highest BCUT2D eigenvalue weighted by molar-refractivity contribution is 6.01. The predicted molar refractivity (Wildman–Crippen MR) is 195 cm³/mol. The number of rotatable bonds is 8. The molecule has 2 aliphatic carbocycles. The van der Waals surface area contributed by atoms with Gasteiger partial charge in [-0.1, -0.05) is 6.92 Å². The third-order valence-electron chi connectivity index (χ3n) is 11.5. The lowest BCUT2D eigenvalue weighted by Gasteiger charge is -2.33. The minimum Gasteiger partial charge on any atom is -0.490 e. The van der Waals surface area contributed by atoms with Crippen LogP contribution in [0.5, 0.6) is 5.75 Å². The normalized spacial score (nSPS) is 22.8. The van der Waals surface area contributed by atoms with Crippen LogP contribution in [0.1, 0.15) is 67.1 Å². The monoisotopic (exact) mass is 793 g/mol. The first kappa shape index (κ1) is 38.1. The molecule has 298 valence electrons. The Hall–Kier alpha value is -5.74. The zero-order valence-corrected chi connectivity index (χ0v) is 30.5. The minimum atomic E-state index is -5.16. The van der Waals surface area contributed by atoms with Gasteiger partial charge in [0.1, 0.15) is 17.4 Å². The first-order chi connectivity index (χ1) is 27.1. The number of carbonyl (C=O) groups is 2. The lowest BCUT2D eigenvalue weighted by molar-refractivity contribution is -0.146. The van der Waals surface area contributed by atoms with E-state index in [1.54, 1.807) is 30.6 Å². The summed E-state index contributed by atoms with van der Waals surface area (Å²) in [7, 11) is 0. The number of anilines is 1. The highest BCUT2D eigenvalue weighted by Crippen LogP contribution is 2.51. The van der Waals surface area contributed by atoms with Crippen molar-refractivity contribution < 1.29 is 45.8 Å². The third kappa shape index (κ3) is 7.23. The van der Waals surface area contributed by atoms with Crippen LogP contribution in [-0.4, -0.2) is 66.2 Å². The Bertz CT molecular complexity index is 2330.